The molecule has 160 valence electrons. The number of aromatic nitrogens is 3. The van der Waals surface area contributed by atoms with E-state index in [0.717, 1.165) is 67.2 Å². The summed E-state index contributed by atoms with van der Waals surface area (Å²) in [5.74, 6) is 0.710. The first-order valence-electron chi connectivity index (χ1n) is 10.9. The van der Waals surface area contributed by atoms with E-state index in [1.54, 1.807) is 6.20 Å². The third-order valence-electron chi connectivity index (χ3n) is 6.18. The van der Waals surface area contributed by atoms with Gasteiger partial charge in [-0.3, -0.25) is 4.79 Å². The fourth-order valence-corrected chi connectivity index (χ4v) is 4.44. The lowest BCUT2D eigenvalue weighted by Gasteiger charge is -2.27. The van der Waals surface area contributed by atoms with E-state index in [1.165, 1.54) is 0 Å². The van der Waals surface area contributed by atoms with Crippen LogP contribution in [-0.2, 0) is 24.8 Å². The molecule has 0 bridgehead atoms. The van der Waals surface area contributed by atoms with Gasteiger partial charge in [-0.1, -0.05) is 30.3 Å². The Morgan fingerprint density at radius 2 is 1.97 bits per heavy atom. The van der Waals surface area contributed by atoms with Crippen molar-refractivity contribution in [1.82, 2.24) is 19.4 Å². The van der Waals surface area contributed by atoms with E-state index in [1.807, 2.05) is 42.3 Å². The van der Waals surface area contributed by atoms with Crippen molar-refractivity contribution in [2.24, 2.45) is 7.05 Å². The molecule has 1 amide bonds. The van der Waals surface area contributed by atoms with Crippen LogP contribution in [0.3, 0.4) is 0 Å². The van der Waals surface area contributed by atoms with Gasteiger partial charge in [0.25, 0.3) is 5.91 Å². The van der Waals surface area contributed by atoms with Gasteiger partial charge in [0.15, 0.2) is 0 Å². The third-order valence-corrected chi connectivity index (χ3v) is 6.18. The quantitative estimate of drug-likeness (QED) is 0.690. The second-order valence-corrected chi connectivity index (χ2v) is 8.21. The van der Waals surface area contributed by atoms with E-state index in [4.69, 9.17) is 9.72 Å². The van der Waals surface area contributed by atoms with Gasteiger partial charge in [-0.25, -0.2) is 9.97 Å². The van der Waals surface area contributed by atoms with Crippen LogP contribution >= 0.6 is 0 Å². The number of rotatable bonds is 5. The Labute approximate surface area is 182 Å². The highest BCUT2D eigenvalue weighted by Gasteiger charge is 2.29. The minimum atomic E-state index is 0.0848. The van der Waals surface area contributed by atoms with Crippen LogP contribution < -0.4 is 5.32 Å². The number of nitrogens with zero attached hydrogens (tertiary/aromatic N) is 4. The highest BCUT2D eigenvalue weighted by molar-refractivity contribution is 5.98. The summed E-state index contributed by atoms with van der Waals surface area (Å²) in [4.78, 5) is 24.3. The standard InChI is InChI=1S/C24H27N5O2/c1-28-21-8-12-29(16-17-5-3-2-4-6-17)23(30)19(21)15-22(28)20-7-11-25-24(27-20)26-18-9-13-31-14-10-18/h2-7,11,15,18H,8-10,12-14,16H2,1H3,(H,25,26,27). The lowest BCUT2D eigenvalue weighted by atomic mass is 10.1. The monoisotopic (exact) mass is 417 g/mol. The van der Waals surface area contributed by atoms with Crippen molar-refractivity contribution in [3.8, 4) is 11.4 Å². The number of hydrogen-bond donors (Lipinski definition) is 1. The molecule has 2 aromatic heterocycles. The number of carbonyl (C=O) groups excluding carboxylic acids is 1. The number of nitrogens with one attached hydrogen (secondary N) is 1. The number of fused-ring (bicyclic) bond motifs is 1. The van der Waals surface area contributed by atoms with Crippen LogP contribution in [0.1, 0.15) is 34.5 Å². The molecule has 0 unspecified atom stereocenters. The summed E-state index contributed by atoms with van der Waals surface area (Å²) in [5.41, 5.74) is 4.76. The summed E-state index contributed by atoms with van der Waals surface area (Å²) in [7, 11) is 2.02. The highest BCUT2D eigenvalue weighted by Crippen LogP contribution is 2.29. The van der Waals surface area contributed by atoms with Gasteiger partial charge in [-0.15, -0.1) is 0 Å². The molecule has 0 aliphatic carbocycles. The first kappa shape index (κ1) is 19.8. The fraction of sp³-hybridized carbons (Fsp3) is 0.375. The predicted molar refractivity (Wildman–Crippen MR) is 119 cm³/mol. The first-order valence-corrected chi connectivity index (χ1v) is 10.9. The lowest BCUT2D eigenvalue weighted by Crippen LogP contribution is -2.37. The number of hydrogen-bond acceptors (Lipinski definition) is 5. The number of carbonyl (C=O) groups is 1. The summed E-state index contributed by atoms with van der Waals surface area (Å²) >= 11 is 0. The van der Waals surface area contributed by atoms with Crippen LogP contribution in [0.25, 0.3) is 11.4 Å². The molecule has 5 rings (SSSR count). The molecule has 1 N–H and O–H groups in total. The first-order chi connectivity index (χ1) is 15.2. The summed E-state index contributed by atoms with van der Waals surface area (Å²) < 4.78 is 7.53. The lowest BCUT2D eigenvalue weighted by molar-refractivity contribution is 0.0725. The number of anilines is 1. The highest BCUT2D eigenvalue weighted by atomic mass is 16.5. The maximum absolute atomic E-state index is 13.2. The molecule has 0 saturated carbocycles. The summed E-state index contributed by atoms with van der Waals surface area (Å²) in [5, 5.41) is 3.43. The molecule has 0 atom stereocenters. The second kappa shape index (κ2) is 8.51. The van der Waals surface area contributed by atoms with Crippen molar-refractivity contribution in [3.05, 3.63) is 65.5 Å². The molecule has 7 nitrogen and oxygen atoms in total. The minimum absolute atomic E-state index is 0.0848. The number of benzene rings is 1. The Bertz CT molecular complexity index is 1070. The molecule has 0 radical (unpaired) electrons. The number of amides is 1. The molecule has 1 fully saturated rings. The Hall–Kier alpha value is -3.19. The van der Waals surface area contributed by atoms with Gasteiger partial charge in [0.1, 0.15) is 0 Å². The zero-order chi connectivity index (χ0) is 21.2. The third kappa shape index (κ3) is 4.05. The summed E-state index contributed by atoms with van der Waals surface area (Å²) in [6.07, 6.45) is 4.53. The average molecular weight is 418 g/mol. The van der Waals surface area contributed by atoms with Crippen molar-refractivity contribution in [2.75, 3.05) is 25.1 Å². The van der Waals surface area contributed by atoms with Crippen molar-refractivity contribution < 1.29 is 9.53 Å². The van der Waals surface area contributed by atoms with Gasteiger partial charge in [-0.2, -0.15) is 0 Å². The van der Waals surface area contributed by atoms with Gasteiger partial charge >= 0.3 is 0 Å². The van der Waals surface area contributed by atoms with E-state index in [9.17, 15) is 4.79 Å². The van der Waals surface area contributed by atoms with E-state index >= 15 is 0 Å². The molecular formula is C24H27N5O2. The molecule has 31 heavy (non-hydrogen) atoms. The van der Waals surface area contributed by atoms with Crippen LogP contribution in [0.15, 0.2) is 48.7 Å². The van der Waals surface area contributed by atoms with Crippen LogP contribution in [0.2, 0.25) is 0 Å². The molecule has 0 spiro atoms. The van der Waals surface area contributed by atoms with E-state index in [0.29, 0.717) is 18.5 Å². The van der Waals surface area contributed by atoms with Crippen LogP contribution in [0.4, 0.5) is 5.95 Å². The number of ether oxygens (including phenoxy) is 1. The van der Waals surface area contributed by atoms with Crippen molar-refractivity contribution in [1.29, 1.82) is 0 Å². The Morgan fingerprint density at radius 3 is 2.77 bits per heavy atom. The Balaban J connectivity index is 1.38. The van der Waals surface area contributed by atoms with Gasteiger partial charge < -0.3 is 19.5 Å². The smallest absolute Gasteiger partial charge is 0.256 e. The molecule has 4 heterocycles. The Kier molecular flexibility index (Phi) is 5.42. The minimum Gasteiger partial charge on any atom is -0.381 e. The average Bonchev–Trinajstić information content (AvgIpc) is 3.14. The normalized spacial score (nSPS) is 16.9. The van der Waals surface area contributed by atoms with Gasteiger partial charge in [0.2, 0.25) is 5.95 Å². The second-order valence-electron chi connectivity index (χ2n) is 8.21. The Morgan fingerprint density at radius 1 is 1.16 bits per heavy atom. The predicted octanol–water partition coefficient (Wildman–Crippen LogP) is 3.27. The maximum Gasteiger partial charge on any atom is 0.256 e. The van der Waals surface area contributed by atoms with E-state index in [-0.39, 0.29) is 5.91 Å². The van der Waals surface area contributed by atoms with E-state index in [2.05, 4.69) is 27.0 Å². The zero-order valence-electron chi connectivity index (χ0n) is 17.8. The molecule has 3 aromatic rings. The molecular weight excluding hydrogens is 390 g/mol. The molecule has 2 aliphatic heterocycles. The van der Waals surface area contributed by atoms with Crippen molar-refractivity contribution >= 4 is 11.9 Å². The molecule has 1 aromatic carbocycles. The summed E-state index contributed by atoms with van der Waals surface area (Å²) in [6.45, 7) is 2.89. The maximum atomic E-state index is 13.2. The van der Waals surface area contributed by atoms with Gasteiger partial charge in [-0.05, 0) is 30.5 Å². The van der Waals surface area contributed by atoms with Gasteiger partial charge in [0, 0.05) is 57.7 Å². The molecule has 2 aliphatic rings. The van der Waals surface area contributed by atoms with Crippen molar-refractivity contribution in [3.63, 3.8) is 0 Å². The van der Waals surface area contributed by atoms with Crippen LogP contribution in [0.5, 0.6) is 0 Å². The van der Waals surface area contributed by atoms with Gasteiger partial charge in [0.05, 0.1) is 17.0 Å². The van der Waals surface area contributed by atoms with E-state index < -0.39 is 0 Å². The largest absolute Gasteiger partial charge is 0.381 e. The molecule has 1 saturated heterocycles. The van der Waals surface area contributed by atoms with Crippen LogP contribution in [-0.4, -0.2) is 51.1 Å². The zero-order valence-corrected chi connectivity index (χ0v) is 17.8. The SMILES string of the molecule is Cn1c(-c2ccnc(NC3CCOCC3)n2)cc2c1CCN(Cc1ccccc1)C2=O. The van der Waals surface area contributed by atoms with Crippen LogP contribution in [0, 0.1) is 0 Å². The topological polar surface area (TPSA) is 72.3 Å². The molecule has 7 heteroatoms. The van der Waals surface area contributed by atoms with Crippen molar-refractivity contribution in [2.45, 2.75) is 31.8 Å². The summed E-state index contributed by atoms with van der Waals surface area (Å²) in [6, 6.07) is 14.4. The fourth-order valence-electron chi connectivity index (χ4n) is 4.44.